The van der Waals surface area contributed by atoms with Crippen LogP contribution < -0.4 is 15.4 Å². The van der Waals surface area contributed by atoms with Crippen LogP contribution in [0.25, 0.3) is 16.8 Å². The summed E-state index contributed by atoms with van der Waals surface area (Å²) >= 11 is 0. The normalized spacial score (nSPS) is 14.2. The van der Waals surface area contributed by atoms with E-state index < -0.39 is 17.8 Å². The highest BCUT2D eigenvalue weighted by atomic mass is 16.5. The third-order valence-corrected chi connectivity index (χ3v) is 3.52. The van der Waals surface area contributed by atoms with E-state index in [9.17, 15) is 14.4 Å². The van der Waals surface area contributed by atoms with Crippen molar-refractivity contribution in [2.75, 3.05) is 6.61 Å². The molecule has 0 radical (unpaired) electrons. The molecule has 0 aliphatic carbocycles. The number of ether oxygens (including phenoxy) is 1. The van der Waals surface area contributed by atoms with Gasteiger partial charge in [0.2, 0.25) is 0 Å². The number of rotatable bonds is 4. The van der Waals surface area contributed by atoms with Crippen molar-refractivity contribution in [3.8, 4) is 5.75 Å². The van der Waals surface area contributed by atoms with Crippen molar-refractivity contribution < 1.29 is 19.1 Å². The van der Waals surface area contributed by atoms with E-state index in [0.29, 0.717) is 11.3 Å². The van der Waals surface area contributed by atoms with E-state index in [1.165, 1.54) is 6.08 Å². The molecule has 2 N–H and O–H groups in total. The number of amides is 4. The SMILES string of the molecule is C=CCOc1ccc2ccccc2c1C=C1C(=O)NC(=O)NC1=O. The summed E-state index contributed by atoms with van der Waals surface area (Å²) in [6.45, 7) is 3.89. The maximum absolute atomic E-state index is 12.0. The molecule has 2 aromatic carbocycles. The van der Waals surface area contributed by atoms with Crippen molar-refractivity contribution in [2.45, 2.75) is 0 Å². The molecule has 24 heavy (non-hydrogen) atoms. The van der Waals surface area contributed by atoms with Gasteiger partial charge in [-0.1, -0.05) is 43.0 Å². The standard InChI is InChI=1S/C18H14N2O4/c1-2-9-24-15-8-7-11-5-3-4-6-12(11)13(15)10-14-16(21)19-18(23)20-17(14)22/h2-8,10H,1,9H2,(H2,19,20,21,22,23). The predicted molar refractivity (Wildman–Crippen MR) is 89.3 cm³/mol. The molecule has 1 aliphatic heterocycles. The van der Waals surface area contributed by atoms with Gasteiger partial charge in [-0.2, -0.15) is 0 Å². The maximum Gasteiger partial charge on any atom is 0.328 e. The van der Waals surface area contributed by atoms with Gasteiger partial charge in [0.15, 0.2) is 0 Å². The van der Waals surface area contributed by atoms with Crippen LogP contribution in [0.2, 0.25) is 0 Å². The Hall–Kier alpha value is -3.41. The number of urea groups is 1. The summed E-state index contributed by atoms with van der Waals surface area (Å²) in [6, 6.07) is 10.4. The van der Waals surface area contributed by atoms with Crippen LogP contribution in [0.1, 0.15) is 5.56 Å². The Morgan fingerprint density at radius 3 is 2.42 bits per heavy atom. The Morgan fingerprint density at radius 1 is 1.00 bits per heavy atom. The summed E-state index contributed by atoms with van der Waals surface area (Å²) in [7, 11) is 0. The molecule has 1 aliphatic rings. The van der Waals surface area contributed by atoms with Crippen LogP contribution in [0, 0.1) is 0 Å². The summed E-state index contributed by atoms with van der Waals surface area (Å²) in [4.78, 5) is 35.1. The summed E-state index contributed by atoms with van der Waals surface area (Å²) in [5.74, 6) is -0.976. The van der Waals surface area contributed by atoms with Crippen LogP contribution in [0.4, 0.5) is 4.79 Å². The number of benzene rings is 2. The van der Waals surface area contributed by atoms with Gasteiger partial charge in [0.05, 0.1) is 0 Å². The van der Waals surface area contributed by atoms with E-state index in [2.05, 4.69) is 17.2 Å². The molecule has 0 saturated carbocycles. The topological polar surface area (TPSA) is 84.5 Å². The lowest BCUT2D eigenvalue weighted by molar-refractivity contribution is -0.123. The molecule has 3 rings (SSSR count). The summed E-state index contributed by atoms with van der Waals surface area (Å²) in [5, 5.41) is 5.87. The molecule has 0 bridgehead atoms. The minimum atomic E-state index is -0.830. The molecule has 0 aromatic heterocycles. The molecule has 1 saturated heterocycles. The average Bonchev–Trinajstić information content (AvgIpc) is 2.56. The second-order valence-corrected chi connectivity index (χ2v) is 5.09. The molecule has 6 nitrogen and oxygen atoms in total. The van der Waals surface area contributed by atoms with Gasteiger partial charge in [-0.15, -0.1) is 0 Å². The third-order valence-electron chi connectivity index (χ3n) is 3.52. The van der Waals surface area contributed by atoms with Gasteiger partial charge in [0.1, 0.15) is 17.9 Å². The highest BCUT2D eigenvalue weighted by Gasteiger charge is 2.28. The number of hydrogen-bond acceptors (Lipinski definition) is 4. The fraction of sp³-hybridized carbons (Fsp3) is 0.0556. The first-order valence-electron chi connectivity index (χ1n) is 7.24. The Labute approximate surface area is 137 Å². The molecule has 0 spiro atoms. The van der Waals surface area contributed by atoms with Crippen molar-refractivity contribution in [3.63, 3.8) is 0 Å². The van der Waals surface area contributed by atoms with Crippen LogP contribution in [0.3, 0.4) is 0 Å². The van der Waals surface area contributed by atoms with Gasteiger partial charge in [0, 0.05) is 5.56 Å². The number of nitrogens with one attached hydrogen (secondary N) is 2. The number of carbonyl (C=O) groups is 3. The second kappa shape index (κ2) is 6.37. The lowest BCUT2D eigenvalue weighted by Crippen LogP contribution is -2.51. The molecular formula is C18H14N2O4. The first kappa shape index (κ1) is 15.5. The Morgan fingerprint density at radius 2 is 1.71 bits per heavy atom. The van der Waals surface area contributed by atoms with Gasteiger partial charge >= 0.3 is 6.03 Å². The Kier molecular flexibility index (Phi) is 4.11. The van der Waals surface area contributed by atoms with E-state index in [1.807, 2.05) is 30.3 Å². The maximum atomic E-state index is 12.0. The number of carbonyl (C=O) groups excluding carboxylic acids is 3. The van der Waals surface area contributed by atoms with Gasteiger partial charge < -0.3 is 4.74 Å². The van der Waals surface area contributed by atoms with Crippen molar-refractivity contribution in [2.24, 2.45) is 0 Å². The predicted octanol–water partition coefficient (Wildman–Crippen LogP) is 2.15. The number of fused-ring (bicyclic) bond motifs is 1. The Bertz CT molecular complexity index is 877. The van der Waals surface area contributed by atoms with E-state index in [0.717, 1.165) is 10.8 Å². The molecular weight excluding hydrogens is 308 g/mol. The van der Waals surface area contributed by atoms with Crippen molar-refractivity contribution in [1.29, 1.82) is 0 Å². The lowest BCUT2D eigenvalue weighted by atomic mass is 10.00. The summed E-state index contributed by atoms with van der Waals surface area (Å²) in [6.07, 6.45) is 3.03. The summed E-state index contributed by atoms with van der Waals surface area (Å²) < 4.78 is 5.63. The quantitative estimate of drug-likeness (QED) is 0.513. The van der Waals surface area contributed by atoms with Crippen LogP contribution in [0.5, 0.6) is 5.75 Å². The summed E-state index contributed by atoms with van der Waals surface area (Å²) in [5.41, 5.74) is 0.430. The van der Waals surface area contributed by atoms with Crippen molar-refractivity contribution >= 4 is 34.7 Å². The van der Waals surface area contributed by atoms with Gasteiger partial charge in [-0.25, -0.2) is 4.79 Å². The molecule has 0 unspecified atom stereocenters. The van der Waals surface area contributed by atoms with Crippen LogP contribution in [0.15, 0.2) is 54.6 Å². The monoisotopic (exact) mass is 322 g/mol. The molecule has 0 atom stereocenters. The third kappa shape index (κ3) is 2.89. The largest absolute Gasteiger partial charge is 0.489 e. The average molecular weight is 322 g/mol. The highest BCUT2D eigenvalue weighted by molar-refractivity contribution is 6.31. The smallest absolute Gasteiger partial charge is 0.328 e. The zero-order chi connectivity index (χ0) is 17.1. The van der Waals surface area contributed by atoms with Crippen LogP contribution in [-0.2, 0) is 9.59 Å². The fourth-order valence-corrected chi connectivity index (χ4v) is 2.45. The number of imide groups is 2. The van der Waals surface area contributed by atoms with Crippen molar-refractivity contribution in [1.82, 2.24) is 10.6 Å². The molecule has 1 fully saturated rings. The molecule has 4 amide bonds. The zero-order valence-electron chi connectivity index (χ0n) is 12.7. The lowest BCUT2D eigenvalue weighted by Gasteiger charge is -2.16. The van der Waals surface area contributed by atoms with E-state index in [1.54, 1.807) is 12.1 Å². The van der Waals surface area contributed by atoms with Crippen LogP contribution in [-0.4, -0.2) is 24.5 Å². The minimum Gasteiger partial charge on any atom is -0.489 e. The molecule has 2 aromatic rings. The number of barbiturate groups is 1. The van der Waals surface area contributed by atoms with Gasteiger partial charge in [-0.3, -0.25) is 20.2 Å². The Balaban J connectivity index is 2.17. The fourth-order valence-electron chi connectivity index (χ4n) is 2.45. The zero-order valence-corrected chi connectivity index (χ0v) is 12.7. The van der Waals surface area contributed by atoms with E-state index in [-0.39, 0.29) is 12.2 Å². The first-order chi connectivity index (χ1) is 11.6. The number of hydrogen-bond donors (Lipinski definition) is 2. The second-order valence-electron chi connectivity index (χ2n) is 5.09. The molecule has 120 valence electrons. The molecule has 1 heterocycles. The van der Waals surface area contributed by atoms with Crippen molar-refractivity contribution in [3.05, 3.63) is 60.2 Å². The first-order valence-corrected chi connectivity index (χ1v) is 7.24. The van der Waals surface area contributed by atoms with E-state index in [4.69, 9.17) is 4.74 Å². The van der Waals surface area contributed by atoms with Gasteiger partial charge in [-0.05, 0) is 22.9 Å². The molecule has 6 heteroatoms. The van der Waals surface area contributed by atoms with Gasteiger partial charge in [0.25, 0.3) is 11.8 Å². The van der Waals surface area contributed by atoms with E-state index >= 15 is 0 Å². The highest BCUT2D eigenvalue weighted by Crippen LogP contribution is 2.30. The van der Waals surface area contributed by atoms with Crippen LogP contribution >= 0.6 is 0 Å². The minimum absolute atomic E-state index is 0.158.